The van der Waals surface area contributed by atoms with Gasteiger partial charge in [0.15, 0.2) is 0 Å². The van der Waals surface area contributed by atoms with Gasteiger partial charge < -0.3 is 4.74 Å². The predicted octanol–water partition coefficient (Wildman–Crippen LogP) is 3.03. The van der Waals surface area contributed by atoms with Crippen molar-refractivity contribution >= 4 is 0 Å². The lowest BCUT2D eigenvalue weighted by molar-refractivity contribution is -0.00822. The summed E-state index contributed by atoms with van der Waals surface area (Å²) in [6.45, 7) is 0.864. The lowest BCUT2D eigenvalue weighted by atomic mass is 9.79. The van der Waals surface area contributed by atoms with Crippen LogP contribution in [0.4, 0.5) is 0 Å². The fraction of sp³-hybridized carbons (Fsp3) is 0.625. The maximum atomic E-state index is 5.85. The van der Waals surface area contributed by atoms with Crippen molar-refractivity contribution in [3.63, 3.8) is 0 Å². The van der Waals surface area contributed by atoms with Crippen molar-refractivity contribution in [1.82, 2.24) is 5.43 Å². The van der Waals surface area contributed by atoms with Crippen LogP contribution < -0.4 is 11.3 Å². The molecule has 3 rings (SSSR count). The Morgan fingerprint density at radius 2 is 1.84 bits per heavy atom. The molecule has 1 aliphatic carbocycles. The number of nitrogens with one attached hydrogen (secondary N) is 1. The Hall–Kier alpha value is -0.900. The van der Waals surface area contributed by atoms with E-state index in [9.17, 15) is 0 Å². The summed E-state index contributed by atoms with van der Waals surface area (Å²) in [5.41, 5.74) is 5.67. The summed E-state index contributed by atoms with van der Waals surface area (Å²) in [5, 5.41) is 0. The average Bonchev–Trinajstić information content (AvgIpc) is 2.41. The molecule has 1 heterocycles. The van der Waals surface area contributed by atoms with Gasteiger partial charge in [-0.2, -0.15) is 0 Å². The van der Waals surface area contributed by atoms with Gasteiger partial charge in [0.1, 0.15) is 0 Å². The number of ether oxygens (including phenoxy) is 1. The summed E-state index contributed by atoms with van der Waals surface area (Å²) in [5.74, 6) is 6.54. The molecular formula is C16H24N2O. The van der Waals surface area contributed by atoms with Crippen LogP contribution in [0.1, 0.15) is 61.6 Å². The minimum absolute atomic E-state index is 0.121. The van der Waals surface area contributed by atoms with E-state index in [1.165, 1.54) is 43.2 Å². The van der Waals surface area contributed by atoms with Gasteiger partial charge in [-0.3, -0.25) is 11.3 Å². The maximum Gasteiger partial charge on any atom is 0.0782 e. The maximum absolute atomic E-state index is 5.85. The predicted molar refractivity (Wildman–Crippen MR) is 76.7 cm³/mol. The molecule has 0 amide bonds. The van der Waals surface area contributed by atoms with Gasteiger partial charge in [-0.25, -0.2) is 0 Å². The van der Waals surface area contributed by atoms with Crippen LogP contribution >= 0.6 is 0 Å². The minimum atomic E-state index is 0.121. The van der Waals surface area contributed by atoms with Crippen LogP contribution in [0.15, 0.2) is 24.3 Å². The van der Waals surface area contributed by atoms with Crippen LogP contribution in [0.5, 0.6) is 0 Å². The van der Waals surface area contributed by atoms with E-state index in [1.807, 2.05) is 0 Å². The fourth-order valence-corrected chi connectivity index (χ4v) is 3.16. The Morgan fingerprint density at radius 1 is 1.05 bits per heavy atom. The number of nitrogens with two attached hydrogens (primary N) is 1. The van der Waals surface area contributed by atoms with Crippen molar-refractivity contribution in [3.8, 4) is 0 Å². The van der Waals surface area contributed by atoms with Crippen LogP contribution in [0.2, 0.25) is 0 Å². The van der Waals surface area contributed by atoms with Gasteiger partial charge in [-0.1, -0.05) is 30.7 Å². The SMILES string of the molecule is NNC(c1ccc(C2CCC2)cc1)C1CCCCO1. The number of hydrogen-bond donors (Lipinski definition) is 2. The first kappa shape index (κ1) is 13.1. The van der Waals surface area contributed by atoms with Crippen molar-refractivity contribution in [2.75, 3.05) is 6.61 Å². The Bertz CT molecular complexity index is 394. The molecule has 2 fully saturated rings. The van der Waals surface area contributed by atoms with Crippen LogP contribution in [-0.2, 0) is 4.74 Å². The third-order valence-corrected chi connectivity index (χ3v) is 4.64. The molecule has 3 nitrogen and oxygen atoms in total. The van der Waals surface area contributed by atoms with E-state index >= 15 is 0 Å². The van der Waals surface area contributed by atoms with Gasteiger partial charge >= 0.3 is 0 Å². The van der Waals surface area contributed by atoms with Crippen molar-refractivity contribution in [3.05, 3.63) is 35.4 Å². The van der Waals surface area contributed by atoms with Gasteiger partial charge in [0.05, 0.1) is 12.1 Å². The minimum Gasteiger partial charge on any atom is -0.376 e. The molecule has 0 bridgehead atoms. The third kappa shape index (κ3) is 2.83. The van der Waals surface area contributed by atoms with Gasteiger partial charge in [0.25, 0.3) is 0 Å². The van der Waals surface area contributed by atoms with Gasteiger partial charge in [-0.15, -0.1) is 0 Å². The largest absolute Gasteiger partial charge is 0.376 e. The summed E-state index contributed by atoms with van der Waals surface area (Å²) in [4.78, 5) is 0. The summed E-state index contributed by atoms with van der Waals surface area (Å²) in [6.07, 6.45) is 7.81. The zero-order chi connectivity index (χ0) is 13.1. The molecule has 1 aromatic carbocycles. The number of rotatable bonds is 4. The van der Waals surface area contributed by atoms with Gasteiger partial charge in [0, 0.05) is 6.61 Å². The van der Waals surface area contributed by atoms with E-state index in [1.54, 1.807) is 0 Å². The fourth-order valence-electron chi connectivity index (χ4n) is 3.16. The smallest absolute Gasteiger partial charge is 0.0782 e. The standard InChI is InChI=1S/C16H24N2O/c17-18-16(15-6-1-2-11-19-15)14-9-7-13(8-10-14)12-4-3-5-12/h7-10,12,15-16,18H,1-6,11,17H2. The molecule has 0 radical (unpaired) electrons. The van der Waals surface area contributed by atoms with E-state index in [-0.39, 0.29) is 12.1 Å². The highest BCUT2D eigenvalue weighted by atomic mass is 16.5. The third-order valence-electron chi connectivity index (χ3n) is 4.64. The Balaban J connectivity index is 1.71. The lowest BCUT2D eigenvalue weighted by Crippen LogP contribution is -2.39. The molecular weight excluding hydrogens is 236 g/mol. The molecule has 2 aliphatic rings. The Kier molecular flexibility index (Phi) is 4.16. The molecule has 2 atom stereocenters. The highest BCUT2D eigenvalue weighted by Crippen LogP contribution is 2.37. The number of hydrogen-bond acceptors (Lipinski definition) is 3. The second-order valence-electron chi connectivity index (χ2n) is 5.84. The normalized spacial score (nSPS) is 25.8. The molecule has 3 N–H and O–H groups in total. The zero-order valence-electron chi connectivity index (χ0n) is 11.5. The van der Waals surface area contributed by atoms with Crippen molar-refractivity contribution < 1.29 is 4.74 Å². The van der Waals surface area contributed by atoms with E-state index in [2.05, 4.69) is 29.7 Å². The second kappa shape index (κ2) is 6.04. The molecule has 1 aliphatic heterocycles. The van der Waals surface area contributed by atoms with Gasteiger partial charge in [0.2, 0.25) is 0 Å². The van der Waals surface area contributed by atoms with Crippen LogP contribution in [0.3, 0.4) is 0 Å². The molecule has 3 heteroatoms. The zero-order valence-corrected chi connectivity index (χ0v) is 11.5. The highest BCUT2D eigenvalue weighted by molar-refractivity contribution is 5.29. The average molecular weight is 260 g/mol. The first-order chi connectivity index (χ1) is 9.38. The topological polar surface area (TPSA) is 47.3 Å². The van der Waals surface area contributed by atoms with Crippen molar-refractivity contribution in [1.29, 1.82) is 0 Å². The molecule has 1 aromatic rings. The number of benzene rings is 1. The van der Waals surface area contributed by atoms with Gasteiger partial charge in [-0.05, 0) is 49.1 Å². The van der Waals surface area contributed by atoms with Crippen LogP contribution in [0.25, 0.3) is 0 Å². The molecule has 1 saturated heterocycles. The molecule has 0 aromatic heterocycles. The number of hydrazine groups is 1. The van der Waals surface area contributed by atoms with Crippen LogP contribution in [0, 0.1) is 0 Å². The monoisotopic (exact) mass is 260 g/mol. The quantitative estimate of drug-likeness (QED) is 0.646. The molecule has 1 saturated carbocycles. The van der Waals surface area contributed by atoms with E-state index < -0.39 is 0 Å². The first-order valence-electron chi connectivity index (χ1n) is 7.56. The Labute approximate surface area is 115 Å². The summed E-state index contributed by atoms with van der Waals surface area (Å²) >= 11 is 0. The lowest BCUT2D eigenvalue weighted by Gasteiger charge is -2.31. The summed E-state index contributed by atoms with van der Waals surface area (Å²) in [6, 6.07) is 9.10. The summed E-state index contributed by atoms with van der Waals surface area (Å²) in [7, 11) is 0. The van der Waals surface area contributed by atoms with Crippen molar-refractivity contribution in [2.45, 2.75) is 56.6 Å². The molecule has 19 heavy (non-hydrogen) atoms. The molecule has 104 valence electrons. The van der Waals surface area contributed by atoms with Crippen molar-refractivity contribution in [2.24, 2.45) is 5.84 Å². The highest BCUT2D eigenvalue weighted by Gasteiger charge is 2.25. The molecule has 0 spiro atoms. The molecule has 2 unspecified atom stereocenters. The van der Waals surface area contributed by atoms with Crippen LogP contribution in [-0.4, -0.2) is 12.7 Å². The summed E-state index contributed by atoms with van der Waals surface area (Å²) < 4.78 is 5.85. The van der Waals surface area contributed by atoms with E-state index in [4.69, 9.17) is 10.6 Å². The second-order valence-corrected chi connectivity index (χ2v) is 5.84. The van der Waals surface area contributed by atoms with E-state index in [0.29, 0.717) is 0 Å². The Morgan fingerprint density at radius 3 is 2.37 bits per heavy atom. The van der Waals surface area contributed by atoms with E-state index in [0.717, 1.165) is 18.9 Å². The first-order valence-corrected chi connectivity index (χ1v) is 7.56.